The van der Waals surface area contributed by atoms with Gasteiger partial charge in [0.2, 0.25) is 5.96 Å². The molecule has 6 heteroatoms. The number of guanidine groups is 1. The summed E-state index contributed by atoms with van der Waals surface area (Å²) in [5.41, 5.74) is 11.6. The molecule has 0 fully saturated rings. The largest absolute Gasteiger partial charge is 0.369 e. The lowest BCUT2D eigenvalue weighted by atomic mass is 9.95. The van der Waals surface area contributed by atoms with Gasteiger partial charge in [-0.2, -0.15) is 0 Å². The van der Waals surface area contributed by atoms with Crippen LogP contribution in [0.3, 0.4) is 0 Å². The number of nitrogens with zero attached hydrogens (tertiary/aromatic N) is 3. The highest BCUT2D eigenvalue weighted by Crippen LogP contribution is 2.36. The van der Waals surface area contributed by atoms with Crippen molar-refractivity contribution in [1.29, 1.82) is 0 Å². The van der Waals surface area contributed by atoms with Crippen molar-refractivity contribution in [1.82, 2.24) is 15.2 Å². The molecule has 0 radical (unpaired) electrons. The van der Waals surface area contributed by atoms with Gasteiger partial charge in [-0.15, -0.1) is 0 Å². The monoisotopic (exact) mass is 335 g/mol. The van der Waals surface area contributed by atoms with E-state index >= 15 is 0 Å². The number of pyridine rings is 1. The second-order valence-corrected chi connectivity index (χ2v) is 6.17. The van der Waals surface area contributed by atoms with Gasteiger partial charge >= 0.3 is 0 Å². The first-order valence-corrected chi connectivity index (χ1v) is 8.04. The predicted molar refractivity (Wildman–Crippen MR) is 96.5 cm³/mol. The van der Waals surface area contributed by atoms with Gasteiger partial charge < -0.3 is 11.1 Å². The van der Waals surface area contributed by atoms with Crippen LogP contribution in [-0.4, -0.2) is 22.0 Å². The van der Waals surface area contributed by atoms with Gasteiger partial charge in [0.05, 0.1) is 5.70 Å². The number of hydrogen-bond acceptors (Lipinski definition) is 5. The Hall–Kier alpha value is -3.15. The second kappa shape index (κ2) is 5.73. The molecule has 2 aliphatic rings. The van der Waals surface area contributed by atoms with Crippen LogP contribution in [0, 0.1) is 19.7 Å². The molecule has 25 heavy (non-hydrogen) atoms. The quantitative estimate of drug-likeness (QED) is 0.886. The molecule has 0 saturated heterocycles. The van der Waals surface area contributed by atoms with E-state index in [1.165, 1.54) is 12.1 Å². The van der Waals surface area contributed by atoms with Crippen molar-refractivity contribution in [2.45, 2.75) is 20.0 Å². The molecule has 0 bridgehead atoms. The van der Waals surface area contributed by atoms with Gasteiger partial charge in [-0.05, 0) is 55.8 Å². The van der Waals surface area contributed by atoms with Crippen LogP contribution in [0.5, 0.6) is 0 Å². The average Bonchev–Trinajstić information content (AvgIpc) is 3.04. The van der Waals surface area contributed by atoms with E-state index in [4.69, 9.17) is 5.73 Å². The van der Waals surface area contributed by atoms with Crippen molar-refractivity contribution in [2.75, 3.05) is 0 Å². The van der Waals surface area contributed by atoms with Crippen LogP contribution in [-0.2, 0) is 0 Å². The number of hydrogen-bond donors (Lipinski definition) is 2. The SMILES string of the molecule is Cc1cc(C2=C(c3ccc(F)cc3)N=C(N)N3C=CNC23)cc(C)n1. The minimum absolute atomic E-state index is 0.154. The Morgan fingerprint density at radius 3 is 2.44 bits per heavy atom. The number of aryl methyl sites for hydroxylation is 2. The smallest absolute Gasteiger partial charge is 0.202 e. The molecule has 126 valence electrons. The molecular weight excluding hydrogens is 317 g/mol. The highest BCUT2D eigenvalue weighted by molar-refractivity contribution is 6.02. The van der Waals surface area contributed by atoms with Crippen molar-refractivity contribution in [3.05, 3.63) is 77.1 Å². The van der Waals surface area contributed by atoms with Crippen molar-refractivity contribution < 1.29 is 4.39 Å². The minimum Gasteiger partial charge on any atom is -0.369 e. The molecule has 0 aliphatic carbocycles. The maximum Gasteiger partial charge on any atom is 0.202 e. The van der Waals surface area contributed by atoms with Crippen LogP contribution < -0.4 is 11.1 Å². The number of rotatable bonds is 2. The van der Waals surface area contributed by atoms with Gasteiger partial charge in [-0.1, -0.05) is 0 Å². The van der Waals surface area contributed by atoms with E-state index in [1.807, 2.05) is 43.3 Å². The van der Waals surface area contributed by atoms with Crippen molar-refractivity contribution >= 4 is 17.2 Å². The lowest BCUT2D eigenvalue weighted by molar-refractivity contribution is 0.474. The van der Waals surface area contributed by atoms with E-state index in [2.05, 4.69) is 15.3 Å². The maximum absolute atomic E-state index is 13.4. The van der Waals surface area contributed by atoms with E-state index in [-0.39, 0.29) is 12.0 Å². The molecule has 1 unspecified atom stereocenters. The summed E-state index contributed by atoms with van der Waals surface area (Å²) in [6.45, 7) is 3.93. The minimum atomic E-state index is -0.281. The first-order chi connectivity index (χ1) is 12.0. The van der Waals surface area contributed by atoms with Gasteiger partial charge in [-0.3, -0.25) is 9.88 Å². The lowest BCUT2D eigenvalue weighted by Gasteiger charge is -2.32. The Kier molecular flexibility index (Phi) is 3.53. The fourth-order valence-corrected chi connectivity index (χ4v) is 3.29. The summed E-state index contributed by atoms with van der Waals surface area (Å²) < 4.78 is 13.4. The highest BCUT2D eigenvalue weighted by atomic mass is 19.1. The molecule has 0 saturated carbocycles. The van der Waals surface area contributed by atoms with E-state index in [0.29, 0.717) is 5.96 Å². The molecule has 1 aromatic carbocycles. The normalized spacial score (nSPS) is 18.9. The molecular formula is C19H18FN5. The first kappa shape index (κ1) is 15.4. The third-order valence-corrected chi connectivity index (χ3v) is 4.30. The van der Waals surface area contributed by atoms with Crippen LogP contribution in [0.25, 0.3) is 11.3 Å². The Bertz CT molecular complexity index is 907. The van der Waals surface area contributed by atoms with Gasteiger partial charge in [0.15, 0.2) is 0 Å². The van der Waals surface area contributed by atoms with Crippen LogP contribution >= 0.6 is 0 Å². The van der Waals surface area contributed by atoms with Gasteiger partial charge in [0.1, 0.15) is 12.0 Å². The third-order valence-electron chi connectivity index (χ3n) is 4.30. The fraction of sp³-hybridized carbons (Fsp3) is 0.158. The Morgan fingerprint density at radius 2 is 1.76 bits per heavy atom. The summed E-state index contributed by atoms with van der Waals surface area (Å²) >= 11 is 0. The number of fused-ring (bicyclic) bond motifs is 1. The summed E-state index contributed by atoms with van der Waals surface area (Å²) in [7, 11) is 0. The Balaban J connectivity index is 1.97. The Morgan fingerprint density at radius 1 is 1.08 bits per heavy atom. The maximum atomic E-state index is 13.4. The third kappa shape index (κ3) is 2.65. The molecule has 4 rings (SSSR count). The van der Waals surface area contributed by atoms with Crippen LogP contribution in [0.15, 0.2) is 53.8 Å². The summed E-state index contributed by atoms with van der Waals surface area (Å²) in [5.74, 6) is 0.119. The molecule has 2 aliphatic heterocycles. The van der Waals surface area contributed by atoms with E-state index in [1.54, 1.807) is 12.1 Å². The summed E-state index contributed by atoms with van der Waals surface area (Å²) in [5, 5.41) is 3.32. The topological polar surface area (TPSA) is 66.5 Å². The summed E-state index contributed by atoms with van der Waals surface area (Å²) in [6.07, 6.45) is 3.56. The second-order valence-electron chi connectivity index (χ2n) is 6.17. The molecule has 0 amide bonds. The average molecular weight is 335 g/mol. The van der Waals surface area contributed by atoms with Gasteiger partial charge in [-0.25, -0.2) is 9.38 Å². The first-order valence-electron chi connectivity index (χ1n) is 8.04. The number of nitrogens with one attached hydrogen (secondary N) is 1. The van der Waals surface area contributed by atoms with Crippen LogP contribution in [0.2, 0.25) is 0 Å². The van der Waals surface area contributed by atoms with Crippen molar-refractivity contribution in [2.24, 2.45) is 10.7 Å². The number of aromatic nitrogens is 1. The zero-order valence-corrected chi connectivity index (χ0v) is 14.0. The summed E-state index contributed by atoms with van der Waals surface area (Å²) in [4.78, 5) is 10.9. The molecule has 3 N–H and O–H groups in total. The molecule has 5 nitrogen and oxygen atoms in total. The summed E-state index contributed by atoms with van der Waals surface area (Å²) in [6, 6.07) is 10.4. The van der Waals surface area contributed by atoms with E-state index in [0.717, 1.165) is 33.8 Å². The number of aliphatic imine (C=N–C) groups is 1. The van der Waals surface area contributed by atoms with Crippen molar-refractivity contribution in [3.63, 3.8) is 0 Å². The Labute approximate surface area is 145 Å². The zero-order valence-electron chi connectivity index (χ0n) is 14.0. The molecule has 3 heterocycles. The highest BCUT2D eigenvalue weighted by Gasteiger charge is 2.33. The van der Waals surface area contributed by atoms with Crippen LogP contribution in [0.4, 0.5) is 4.39 Å². The molecule has 1 aromatic heterocycles. The predicted octanol–water partition coefficient (Wildman–Crippen LogP) is 2.74. The van der Waals surface area contributed by atoms with Gasteiger partial charge in [0.25, 0.3) is 0 Å². The van der Waals surface area contributed by atoms with Crippen LogP contribution in [0.1, 0.15) is 22.5 Å². The molecule has 0 spiro atoms. The van der Waals surface area contributed by atoms with E-state index < -0.39 is 0 Å². The number of nitrogens with two attached hydrogens (primary N) is 1. The van der Waals surface area contributed by atoms with Gasteiger partial charge in [0, 0.05) is 34.9 Å². The number of benzene rings is 1. The number of halogens is 1. The zero-order chi connectivity index (χ0) is 17.6. The molecule has 1 atom stereocenters. The standard InChI is InChI=1S/C19H18FN5/c1-11-9-14(10-12(2)23-11)16-17(13-3-5-15(20)6-4-13)24-19(21)25-8-7-22-18(16)25/h3-10,18,22H,1-2H3,(H2,21,24). The lowest BCUT2D eigenvalue weighted by Crippen LogP contribution is -2.46. The molecule has 2 aromatic rings. The van der Waals surface area contributed by atoms with Crippen molar-refractivity contribution in [3.8, 4) is 0 Å². The van der Waals surface area contributed by atoms with E-state index in [9.17, 15) is 4.39 Å². The fourth-order valence-electron chi connectivity index (χ4n) is 3.29.